The summed E-state index contributed by atoms with van der Waals surface area (Å²) in [5.74, 6) is 1.49. The quantitative estimate of drug-likeness (QED) is 0.377. The van der Waals surface area contributed by atoms with Crippen molar-refractivity contribution in [2.45, 2.75) is 26.9 Å². The fourth-order valence-electron chi connectivity index (χ4n) is 3.42. The van der Waals surface area contributed by atoms with E-state index in [1.54, 1.807) is 4.68 Å². The summed E-state index contributed by atoms with van der Waals surface area (Å²) in [6, 6.07) is 15.5. The van der Waals surface area contributed by atoms with Gasteiger partial charge in [-0.15, -0.1) is 5.10 Å². The van der Waals surface area contributed by atoms with Crippen LogP contribution in [0.2, 0.25) is 0 Å². The Morgan fingerprint density at radius 3 is 2.58 bits per heavy atom. The van der Waals surface area contributed by atoms with Gasteiger partial charge in [-0.2, -0.15) is 4.98 Å². The Labute approximate surface area is 188 Å². The molecule has 0 amide bonds. The third-order valence-electron chi connectivity index (χ3n) is 5.14. The molecule has 5 rings (SSSR count). The standard InChI is InChI=1S/C23H21N7O3/c1-3-32-18-10-8-17(9-11-18)21-25-19(33-27-21)13-29-14-24-22-20(23(29)31)26-28-30(22)12-16-6-4-15(2)5-7-16/h4-11,14H,3,12-13H2,1-2H3. The number of fused-ring (bicyclic) bond motifs is 1. The number of nitrogens with zero attached hydrogens (tertiary/aromatic N) is 7. The van der Waals surface area contributed by atoms with Crippen LogP contribution >= 0.6 is 0 Å². The summed E-state index contributed by atoms with van der Waals surface area (Å²) in [6.07, 6.45) is 1.44. The van der Waals surface area contributed by atoms with E-state index in [0.717, 1.165) is 16.9 Å². The van der Waals surface area contributed by atoms with Crippen LogP contribution in [0.25, 0.3) is 22.6 Å². The minimum atomic E-state index is -0.323. The van der Waals surface area contributed by atoms with Gasteiger partial charge in [-0.05, 0) is 43.7 Å². The average Bonchev–Trinajstić information content (AvgIpc) is 3.46. The molecule has 0 aliphatic heterocycles. The molecule has 0 saturated carbocycles. The van der Waals surface area contributed by atoms with Crippen molar-refractivity contribution in [3.8, 4) is 17.1 Å². The first kappa shape index (κ1) is 20.6. The minimum absolute atomic E-state index is 0.0800. The van der Waals surface area contributed by atoms with Gasteiger partial charge in [-0.3, -0.25) is 9.36 Å². The van der Waals surface area contributed by atoms with Gasteiger partial charge in [0.2, 0.25) is 11.7 Å². The normalized spacial score (nSPS) is 11.2. The molecule has 5 aromatic rings. The number of hydrogen-bond acceptors (Lipinski definition) is 8. The molecule has 0 aliphatic rings. The van der Waals surface area contributed by atoms with Crippen LogP contribution < -0.4 is 10.3 Å². The van der Waals surface area contributed by atoms with Gasteiger partial charge < -0.3 is 9.26 Å². The molecule has 33 heavy (non-hydrogen) atoms. The molecule has 0 unspecified atom stereocenters. The second kappa shape index (κ2) is 8.65. The van der Waals surface area contributed by atoms with Crippen LogP contribution in [0.4, 0.5) is 0 Å². The van der Waals surface area contributed by atoms with Crippen molar-refractivity contribution in [1.29, 1.82) is 0 Å². The Balaban J connectivity index is 1.36. The molecule has 166 valence electrons. The van der Waals surface area contributed by atoms with Crippen LogP contribution in [0.5, 0.6) is 5.75 Å². The van der Waals surface area contributed by atoms with Crippen LogP contribution in [-0.4, -0.2) is 41.3 Å². The van der Waals surface area contributed by atoms with Crippen LogP contribution in [0.1, 0.15) is 23.9 Å². The van der Waals surface area contributed by atoms with Gasteiger partial charge in [0.15, 0.2) is 11.2 Å². The first-order valence-electron chi connectivity index (χ1n) is 10.5. The zero-order chi connectivity index (χ0) is 22.8. The summed E-state index contributed by atoms with van der Waals surface area (Å²) in [5.41, 5.74) is 3.30. The lowest BCUT2D eigenvalue weighted by molar-refractivity contribution is 0.340. The Bertz CT molecular complexity index is 1450. The zero-order valence-electron chi connectivity index (χ0n) is 18.2. The predicted molar refractivity (Wildman–Crippen MR) is 120 cm³/mol. The van der Waals surface area contributed by atoms with Crippen molar-refractivity contribution in [3.63, 3.8) is 0 Å². The highest BCUT2D eigenvalue weighted by Gasteiger charge is 2.15. The lowest BCUT2D eigenvalue weighted by Gasteiger charge is -2.04. The summed E-state index contributed by atoms with van der Waals surface area (Å²) in [4.78, 5) is 21.7. The molecule has 0 fully saturated rings. The Morgan fingerprint density at radius 1 is 1.03 bits per heavy atom. The summed E-state index contributed by atoms with van der Waals surface area (Å²) in [6.45, 7) is 5.11. The largest absolute Gasteiger partial charge is 0.494 e. The molecule has 0 bridgehead atoms. The zero-order valence-corrected chi connectivity index (χ0v) is 18.2. The summed E-state index contributed by atoms with van der Waals surface area (Å²) in [7, 11) is 0. The third-order valence-corrected chi connectivity index (χ3v) is 5.14. The Morgan fingerprint density at radius 2 is 1.82 bits per heavy atom. The minimum Gasteiger partial charge on any atom is -0.494 e. The monoisotopic (exact) mass is 443 g/mol. The molecule has 10 heteroatoms. The first-order valence-corrected chi connectivity index (χ1v) is 10.5. The molecule has 3 aromatic heterocycles. The fraction of sp³-hybridized carbons (Fsp3) is 0.217. The Hall–Kier alpha value is -4.34. The van der Waals surface area contributed by atoms with Crippen molar-refractivity contribution in [1.82, 2.24) is 34.7 Å². The topological polar surface area (TPSA) is 114 Å². The number of hydrogen-bond donors (Lipinski definition) is 0. The number of benzene rings is 2. The molecular weight excluding hydrogens is 422 g/mol. The highest BCUT2D eigenvalue weighted by atomic mass is 16.5. The van der Waals surface area contributed by atoms with E-state index in [0.29, 0.717) is 24.6 Å². The number of aryl methyl sites for hydroxylation is 1. The molecule has 2 aromatic carbocycles. The van der Waals surface area contributed by atoms with E-state index in [-0.39, 0.29) is 23.5 Å². The first-order chi connectivity index (χ1) is 16.1. The highest BCUT2D eigenvalue weighted by molar-refractivity contribution is 5.67. The van der Waals surface area contributed by atoms with E-state index < -0.39 is 0 Å². The van der Waals surface area contributed by atoms with E-state index >= 15 is 0 Å². The van der Waals surface area contributed by atoms with Crippen molar-refractivity contribution < 1.29 is 9.26 Å². The van der Waals surface area contributed by atoms with Gasteiger partial charge in [0, 0.05) is 5.56 Å². The third kappa shape index (κ3) is 4.22. The van der Waals surface area contributed by atoms with Gasteiger partial charge in [-0.25, -0.2) is 9.67 Å². The van der Waals surface area contributed by atoms with Crippen molar-refractivity contribution in [2.24, 2.45) is 0 Å². The van der Waals surface area contributed by atoms with Gasteiger partial charge in [0.25, 0.3) is 5.56 Å². The molecule has 10 nitrogen and oxygen atoms in total. The molecule has 0 spiro atoms. The van der Waals surface area contributed by atoms with Crippen LogP contribution in [0.15, 0.2) is 64.2 Å². The number of ether oxygens (including phenoxy) is 1. The van der Waals surface area contributed by atoms with Crippen LogP contribution in [0, 0.1) is 6.92 Å². The maximum absolute atomic E-state index is 12.9. The smallest absolute Gasteiger partial charge is 0.283 e. The second-order valence-corrected chi connectivity index (χ2v) is 7.55. The lowest BCUT2D eigenvalue weighted by Crippen LogP contribution is -2.21. The summed E-state index contributed by atoms with van der Waals surface area (Å²) < 4.78 is 13.8. The van der Waals surface area contributed by atoms with E-state index in [2.05, 4.69) is 25.4 Å². The van der Waals surface area contributed by atoms with E-state index in [1.807, 2.05) is 62.4 Å². The van der Waals surface area contributed by atoms with E-state index in [1.165, 1.54) is 16.5 Å². The van der Waals surface area contributed by atoms with Crippen LogP contribution in [0.3, 0.4) is 0 Å². The fourth-order valence-corrected chi connectivity index (χ4v) is 3.42. The van der Waals surface area contributed by atoms with Crippen molar-refractivity contribution in [2.75, 3.05) is 6.61 Å². The average molecular weight is 443 g/mol. The summed E-state index contributed by atoms with van der Waals surface area (Å²) >= 11 is 0. The second-order valence-electron chi connectivity index (χ2n) is 7.55. The molecule has 0 atom stereocenters. The molecule has 3 heterocycles. The van der Waals surface area contributed by atoms with Gasteiger partial charge >= 0.3 is 0 Å². The van der Waals surface area contributed by atoms with Crippen molar-refractivity contribution in [3.05, 3.63) is 82.2 Å². The molecular formula is C23H21N7O3. The summed E-state index contributed by atoms with van der Waals surface area (Å²) in [5, 5.41) is 12.2. The van der Waals surface area contributed by atoms with Gasteiger partial charge in [0.05, 0.1) is 13.2 Å². The molecule has 0 radical (unpaired) electrons. The molecule has 0 saturated heterocycles. The maximum Gasteiger partial charge on any atom is 0.283 e. The SMILES string of the molecule is CCOc1ccc(-c2noc(Cn3cnc4c(nnn4Cc4ccc(C)cc4)c3=O)n2)cc1. The predicted octanol–water partition coefficient (Wildman–Crippen LogP) is 2.84. The van der Waals surface area contributed by atoms with Crippen LogP contribution in [-0.2, 0) is 13.1 Å². The number of rotatable bonds is 7. The van der Waals surface area contributed by atoms with E-state index in [9.17, 15) is 4.79 Å². The van der Waals surface area contributed by atoms with Crippen molar-refractivity contribution >= 4 is 11.2 Å². The maximum atomic E-state index is 12.9. The van der Waals surface area contributed by atoms with Gasteiger partial charge in [-0.1, -0.05) is 40.2 Å². The highest BCUT2D eigenvalue weighted by Crippen LogP contribution is 2.20. The molecule has 0 N–H and O–H groups in total. The van der Waals surface area contributed by atoms with E-state index in [4.69, 9.17) is 9.26 Å². The molecule has 0 aliphatic carbocycles. The lowest BCUT2D eigenvalue weighted by atomic mass is 10.1. The van der Waals surface area contributed by atoms with Gasteiger partial charge in [0.1, 0.15) is 18.6 Å². The Kier molecular flexibility index (Phi) is 5.39. The number of aromatic nitrogens is 7.